The SMILES string of the molecule is COc1cc(Oc2ccc(C(=O)N3CCN(C)CC3)cc2[N+](=O)[O-])cc(OC)c1OC. The van der Waals surface area contributed by atoms with Crippen molar-refractivity contribution in [3.05, 3.63) is 46.0 Å². The Morgan fingerprint density at radius 1 is 0.935 bits per heavy atom. The molecule has 0 unspecified atom stereocenters. The molecule has 3 rings (SSSR count). The van der Waals surface area contributed by atoms with Crippen molar-refractivity contribution < 1.29 is 28.7 Å². The van der Waals surface area contributed by atoms with Crippen LogP contribution in [0.2, 0.25) is 0 Å². The summed E-state index contributed by atoms with van der Waals surface area (Å²) in [6, 6.07) is 7.27. The second-order valence-electron chi connectivity index (χ2n) is 7.00. The normalized spacial score (nSPS) is 14.1. The van der Waals surface area contributed by atoms with Crippen LogP contribution in [0.25, 0.3) is 0 Å². The number of hydrogen-bond donors (Lipinski definition) is 0. The number of carbonyl (C=O) groups excluding carboxylic acids is 1. The van der Waals surface area contributed by atoms with Crippen molar-refractivity contribution in [2.24, 2.45) is 0 Å². The van der Waals surface area contributed by atoms with Crippen molar-refractivity contribution in [2.75, 3.05) is 54.6 Å². The number of likely N-dealkylation sites (N-methyl/N-ethyl adjacent to an activating group) is 1. The van der Waals surface area contributed by atoms with Gasteiger partial charge in [0.25, 0.3) is 5.91 Å². The molecule has 0 spiro atoms. The van der Waals surface area contributed by atoms with Crippen molar-refractivity contribution in [1.82, 2.24) is 9.80 Å². The lowest BCUT2D eigenvalue weighted by atomic mass is 10.1. The Balaban J connectivity index is 1.90. The van der Waals surface area contributed by atoms with Crippen LogP contribution in [0, 0.1) is 10.1 Å². The summed E-state index contributed by atoms with van der Waals surface area (Å²) < 4.78 is 21.6. The molecule has 31 heavy (non-hydrogen) atoms. The number of nitro groups is 1. The minimum atomic E-state index is -0.575. The van der Waals surface area contributed by atoms with E-state index in [9.17, 15) is 14.9 Å². The van der Waals surface area contributed by atoms with E-state index in [0.29, 0.717) is 30.3 Å². The molecule has 10 heteroatoms. The highest BCUT2D eigenvalue weighted by atomic mass is 16.6. The summed E-state index contributed by atoms with van der Waals surface area (Å²) in [7, 11) is 6.38. The van der Waals surface area contributed by atoms with Gasteiger partial charge in [-0.15, -0.1) is 0 Å². The highest BCUT2D eigenvalue weighted by Gasteiger charge is 2.25. The third-order valence-electron chi connectivity index (χ3n) is 5.06. The summed E-state index contributed by atoms with van der Waals surface area (Å²) in [5.74, 6) is 1.09. The number of carbonyl (C=O) groups is 1. The molecule has 1 heterocycles. The zero-order valence-corrected chi connectivity index (χ0v) is 17.9. The number of hydrogen-bond acceptors (Lipinski definition) is 8. The highest BCUT2D eigenvalue weighted by molar-refractivity contribution is 5.95. The number of methoxy groups -OCH3 is 3. The predicted octanol–water partition coefficient (Wildman–Crippen LogP) is 2.80. The van der Waals surface area contributed by atoms with Crippen LogP contribution in [0.5, 0.6) is 28.7 Å². The quantitative estimate of drug-likeness (QED) is 0.487. The lowest BCUT2D eigenvalue weighted by molar-refractivity contribution is -0.385. The van der Waals surface area contributed by atoms with Gasteiger partial charge < -0.3 is 28.7 Å². The van der Waals surface area contributed by atoms with E-state index < -0.39 is 4.92 Å². The van der Waals surface area contributed by atoms with Crippen LogP contribution in [0.15, 0.2) is 30.3 Å². The first-order chi connectivity index (χ1) is 14.9. The topological polar surface area (TPSA) is 104 Å². The maximum atomic E-state index is 12.8. The van der Waals surface area contributed by atoms with Gasteiger partial charge >= 0.3 is 5.69 Å². The van der Waals surface area contributed by atoms with Gasteiger partial charge in [-0.25, -0.2) is 0 Å². The first-order valence-corrected chi connectivity index (χ1v) is 9.62. The molecule has 1 fully saturated rings. The molecule has 2 aromatic rings. The average Bonchev–Trinajstić information content (AvgIpc) is 2.78. The Morgan fingerprint density at radius 3 is 2.06 bits per heavy atom. The van der Waals surface area contributed by atoms with Crippen molar-refractivity contribution in [3.63, 3.8) is 0 Å². The van der Waals surface area contributed by atoms with Crippen LogP contribution in [0.4, 0.5) is 5.69 Å². The van der Waals surface area contributed by atoms with Gasteiger partial charge in [-0.3, -0.25) is 14.9 Å². The lowest BCUT2D eigenvalue weighted by Gasteiger charge is -2.32. The summed E-state index contributed by atoms with van der Waals surface area (Å²) in [6.07, 6.45) is 0. The third-order valence-corrected chi connectivity index (χ3v) is 5.06. The molecule has 1 saturated heterocycles. The van der Waals surface area contributed by atoms with Gasteiger partial charge in [-0.05, 0) is 19.2 Å². The minimum absolute atomic E-state index is 0.00537. The predicted molar refractivity (Wildman–Crippen MR) is 113 cm³/mol. The molecule has 0 bridgehead atoms. The Morgan fingerprint density at radius 2 is 1.55 bits per heavy atom. The molecule has 1 aliphatic rings. The maximum absolute atomic E-state index is 12.8. The zero-order valence-electron chi connectivity index (χ0n) is 17.9. The van der Waals surface area contributed by atoms with Crippen molar-refractivity contribution in [1.29, 1.82) is 0 Å². The van der Waals surface area contributed by atoms with Crippen LogP contribution >= 0.6 is 0 Å². The Labute approximate surface area is 180 Å². The molecule has 1 aliphatic heterocycles. The Kier molecular flexibility index (Phi) is 6.81. The standard InChI is InChI=1S/C21H25N3O7/c1-22-7-9-23(10-8-22)21(25)14-5-6-17(16(11-14)24(26)27)31-15-12-18(28-2)20(30-4)19(13-15)29-3/h5-6,11-13H,7-10H2,1-4H3. The monoisotopic (exact) mass is 431 g/mol. The number of amides is 1. The number of nitro benzene ring substituents is 1. The number of piperazine rings is 1. The molecule has 0 aliphatic carbocycles. The summed E-state index contributed by atoms with van der Waals surface area (Å²) in [6.45, 7) is 2.67. The van der Waals surface area contributed by atoms with E-state index in [1.807, 2.05) is 7.05 Å². The fraction of sp³-hybridized carbons (Fsp3) is 0.381. The van der Waals surface area contributed by atoms with Gasteiger partial charge in [-0.2, -0.15) is 0 Å². The molecule has 0 aromatic heterocycles. The largest absolute Gasteiger partial charge is 0.493 e. The van der Waals surface area contributed by atoms with Crippen molar-refractivity contribution >= 4 is 11.6 Å². The van der Waals surface area contributed by atoms with E-state index >= 15 is 0 Å². The van der Waals surface area contributed by atoms with Gasteiger partial charge in [0.1, 0.15) is 5.75 Å². The second-order valence-corrected chi connectivity index (χ2v) is 7.00. The molecule has 0 N–H and O–H groups in total. The van der Waals surface area contributed by atoms with E-state index in [-0.39, 0.29) is 28.7 Å². The van der Waals surface area contributed by atoms with Crippen LogP contribution in [0.3, 0.4) is 0 Å². The maximum Gasteiger partial charge on any atom is 0.312 e. The summed E-state index contributed by atoms with van der Waals surface area (Å²) in [5.41, 5.74) is -0.0674. The van der Waals surface area contributed by atoms with E-state index in [0.717, 1.165) is 13.1 Å². The minimum Gasteiger partial charge on any atom is -0.493 e. The number of ether oxygens (including phenoxy) is 4. The van der Waals surface area contributed by atoms with Gasteiger partial charge in [0.2, 0.25) is 11.5 Å². The smallest absolute Gasteiger partial charge is 0.312 e. The average molecular weight is 431 g/mol. The summed E-state index contributed by atoms with van der Waals surface area (Å²) in [5, 5.41) is 11.7. The molecular formula is C21H25N3O7. The number of rotatable bonds is 7. The first-order valence-electron chi connectivity index (χ1n) is 9.62. The van der Waals surface area contributed by atoms with E-state index in [2.05, 4.69) is 4.90 Å². The zero-order chi connectivity index (χ0) is 22.5. The van der Waals surface area contributed by atoms with E-state index in [1.165, 1.54) is 51.7 Å². The van der Waals surface area contributed by atoms with Gasteiger partial charge in [-0.1, -0.05) is 0 Å². The second kappa shape index (κ2) is 9.52. The molecule has 1 amide bonds. The van der Waals surface area contributed by atoms with Crippen LogP contribution < -0.4 is 18.9 Å². The molecule has 0 atom stereocenters. The summed E-state index contributed by atoms with van der Waals surface area (Å²) >= 11 is 0. The van der Waals surface area contributed by atoms with Crippen molar-refractivity contribution in [2.45, 2.75) is 0 Å². The molecule has 0 saturated carbocycles. The third kappa shape index (κ3) is 4.80. The molecule has 0 radical (unpaired) electrons. The van der Waals surface area contributed by atoms with E-state index in [1.54, 1.807) is 4.90 Å². The number of benzene rings is 2. The van der Waals surface area contributed by atoms with Crippen LogP contribution in [0.1, 0.15) is 10.4 Å². The fourth-order valence-corrected chi connectivity index (χ4v) is 3.31. The summed E-state index contributed by atoms with van der Waals surface area (Å²) in [4.78, 5) is 27.7. The highest BCUT2D eigenvalue weighted by Crippen LogP contribution is 2.43. The van der Waals surface area contributed by atoms with Crippen molar-refractivity contribution in [3.8, 4) is 28.7 Å². The van der Waals surface area contributed by atoms with Gasteiger partial charge in [0.15, 0.2) is 11.5 Å². The first kappa shape index (κ1) is 22.2. The van der Waals surface area contributed by atoms with Crippen LogP contribution in [-0.2, 0) is 0 Å². The van der Waals surface area contributed by atoms with Gasteiger partial charge in [0, 0.05) is 49.9 Å². The Bertz CT molecular complexity index is 946. The lowest BCUT2D eigenvalue weighted by Crippen LogP contribution is -2.47. The molecule has 166 valence electrons. The van der Waals surface area contributed by atoms with E-state index in [4.69, 9.17) is 18.9 Å². The molecule has 10 nitrogen and oxygen atoms in total. The van der Waals surface area contributed by atoms with Gasteiger partial charge in [0.05, 0.1) is 26.3 Å². The molecule has 2 aromatic carbocycles. The Hall–Kier alpha value is -3.53. The fourth-order valence-electron chi connectivity index (χ4n) is 3.31. The molecular weight excluding hydrogens is 406 g/mol. The number of nitrogens with zero attached hydrogens (tertiary/aromatic N) is 3. The van der Waals surface area contributed by atoms with Crippen LogP contribution in [-0.4, -0.2) is 75.2 Å².